The van der Waals surface area contributed by atoms with Gasteiger partial charge in [-0.05, 0) is 54.7 Å². The standard InChI is InChI=1S/C23H28N2O3/c1-16(28-20-12-10-17(11-13-20)23(2,3)4)22(27)24-18-7-5-8-19(15-18)25-14-6-9-21(25)26/h5,7-8,10-13,15-16H,6,9,14H2,1-4H3,(H,24,27). The molecule has 148 valence electrons. The Morgan fingerprint density at radius 2 is 1.86 bits per heavy atom. The smallest absolute Gasteiger partial charge is 0.265 e. The molecule has 5 nitrogen and oxygen atoms in total. The summed E-state index contributed by atoms with van der Waals surface area (Å²) in [5.41, 5.74) is 2.75. The first-order valence-corrected chi connectivity index (χ1v) is 9.72. The highest BCUT2D eigenvalue weighted by Crippen LogP contribution is 2.26. The van der Waals surface area contributed by atoms with Gasteiger partial charge in [0.2, 0.25) is 5.91 Å². The van der Waals surface area contributed by atoms with Gasteiger partial charge in [-0.25, -0.2) is 0 Å². The lowest BCUT2D eigenvalue weighted by Gasteiger charge is -2.20. The van der Waals surface area contributed by atoms with E-state index >= 15 is 0 Å². The summed E-state index contributed by atoms with van der Waals surface area (Å²) in [7, 11) is 0. The van der Waals surface area contributed by atoms with Gasteiger partial charge in [-0.1, -0.05) is 39.0 Å². The molecule has 1 unspecified atom stereocenters. The van der Waals surface area contributed by atoms with E-state index in [4.69, 9.17) is 4.74 Å². The van der Waals surface area contributed by atoms with E-state index in [1.54, 1.807) is 11.8 Å². The molecule has 1 aliphatic heterocycles. The zero-order valence-corrected chi connectivity index (χ0v) is 17.0. The monoisotopic (exact) mass is 380 g/mol. The fourth-order valence-electron chi connectivity index (χ4n) is 3.21. The summed E-state index contributed by atoms with van der Waals surface area (Å²) >= 11 is 0. The van der Waals surface area contributed by atoms with E-state index in [9.17, 15) is 9.59 Å². The molecule has 0 aliphatic carbocycles. The Labute approximate surface area is 166 Å². The van der Waals surface area contributed by atoms with Crippen LogP contribution in [0.4, 0.5) is 11.4 Å². The molecule has 5 heteroatoms. The van der Waals surface area contributed by atoms with Crippen molar-refractivity contribution in [1.82, 2.24) is 0 Å². The van der Waals surface area contributed by atoms with E-state index in [1.165, 1.54) is 5.56 Å². The van der Waals surface area contributed by atoms with Gasteiger partial charge >= 0.3 is 0 Å². The summed E-state index contributed by atoms with van der Waals surface area (Å²) in [4.78, 5) is 26.2. The number of anilines is 2. The van der Waals surface area contributed by atoms with Crippen LogP contribution < -0.4 is 15.0 Å². The molecule has 1 fully saturated rings. The number of hydrogen-bond donors (Lipinski definition) is 1. The summed E-state index contributed by atoms with van der Waals surface area (Å²) in [5, 5.41) is 2.87. The Morgan fingerprint density at radius 1 is 1.14 bits per heavy atom. The lowest BCUT2D eigenvalue weighted by Crippen LogP contribution is -2.30. The van der Waals surface area contributed by atoms with E-state index in [0.29, 0.717) is 17.9 Å². The number of ether oxygens (including phenoxy) is 1. The van der Waals surface area contributed by atoms with Crippen molar-refractivity contribution in [2.24, 2.45) is 0 Å². The molecule has 2 aromatic carbocycles. The van der Waals surface area contributed by atoms with Crippen molar-refractivity contribution in [3.8, 4) is 5.75 Å². The number of rotatable bonds is 5. The Balaban J connectivity index is 1.62. The number of carbonyl (C=O) groups excluding carboxylic acids is 2. The van der Waals surface area contributed by atoms with Gasteiger partial charge in [0.1, 0.15) is 5.75 Å². The third-order valence-corrected chi connectivity index (χ3v) is 4.90. The van der Waals surface area contributed by atoms with Gasteiger partial charge in [0, 0.05) is 24.3 Å². The van der Waals surface area contributed by atoms with Crippen molar-refractivity contribution in [1.29, 1.82) is 0 Å². The third kappa shape index (κ3) is 4.71. The van der Waals surface area contributed by atoms with Crippen molar-refractivity contribution in [3.63, 3.8) is 0 Å². The number of nitrogens with zero attached hydrogens (tertiary/aromatic N) is 1. The topological polar surface area (TPSA) is 58.6 Å². The second-order valence-electron chi connectivity index (χ2n) is 8.22. The van der Waals surface area contributed by atoms with Gasteiger partial charge < -0.3 is 15.0 Å². The zero-order chi connectivity index (χ0) is 20.3. The molecule has 0 radical (unpaired) electrons. The molecule has 1 aliphatic rings. The van der Waals surface area contributed by atoms with Gasteiger partial charge in [0.25, 0.3) is 5.91 Å². The second-order valence-corrected chi connectivity index (χ2v) is 8.22. The SMILES string of the molecule is CC(Oc1ccc(C(C)(C)C)cc1)C(=O)Nc1cccc(N2CCCC2=O)c1. The Bertz CT molecular complexity index is 853. The fraction of sp³-hybridized carbons (Fsp3) is 0.391. The molecule has 1 saturated heterocycles. The Morgan fingerprint density at radius 3 is 2.46 bits per heavy atom. The minimum absolute atomic E-state index is 0.0727. The van der Waals surface area contributed by atoms with E-state index in [0.717, 1.165) is 18.7 Å². The number of nitrogens with one attached hydrogen (secondary N) is 1. The van der Waals surface area contributed by atoms with E-state index in [2.05, 4.69) is 26.1 Å². The van der Waals surface area contributed by atoms with E-state index in [-0.39, 0.29) is 17.2 Å². The lowest BCUT2D eigenvalue weighted by molar-refractivity contribution is -0.122. The average molecular weight is 380 g/mol. The maximum atomic E-state index is 12.5. The van der Waals surface area contributed by atoms with Crippen molar-refractivity contribution >= 4 is 23.2 Å². The van der Waals surface area contributed by atoms with Crippen LogP contribution >= 0.6 is 0 Å². The van der Waals surface area contributed by atoms with Gasteiger partial charge in [-0.2, -0.15) is 0 Å². The van der Waals surface area contributed by atoms with Crippen LogP contribution in [0.5, 0.6) is 5.75 Å². The summed E-state index contributed by atoms with van der Waals surface area (Å²) in [6.07, 6.45) is 0.807. The van der Waals surface area contributed by atoms with Crippen LogP contribution in [0.15, 0.2) is 48.5 Å². The van der Waals surface area contributed by atoms with Gasteiger partial charge in [0.15, 0.2) is 6.10 Å². The number of amides is 2. The van der Waals surface area contributed by atoms with Crippen molar-refractivity contribution < 1.29 is 14.3 Å². The molecule has 3 rings (SSSR count). The van der Waals surface area contributed by atoms with Crippen molar-refractivity contribution in [2.75, 3.05) is 16.8 Å². The van der Waals surface area contributed by atoms with E-state index in [1.807, 2.05) is 48.5 Å². The number of carbonyl (C=O) groups is 2. The quantitative estimate of drug-likeness (QED) is 0.830. The number of hydrogen-bond acceptors (Lipinski definition) is 3. The molecular weight excluding hydrogens is 352 g/mol. The van der Waals surface area contributed by atoms with Gasteiger partial charge in [0.05, 0.1) is 0 Å². The van der Waals surface area contributed by atoms with Crippen LogP contribution in [0.3, 0.4) is 0 Å². The highest BCUT2D eigenvalue weighted by molar-refractivity contribution is 5.97. The second kappa shape index (κ2) is 8.05. The van der Waals surface area contributed by atoms with E-state index < -0.39 is 6.10 Å². The molecule has 1 N–H and O–H groups in total. The molecule has 2 aromatic rings. The predicted octanol–water partition coefficient (Wildman–Crippen LogP) is 4.52. The van der Waals surface area contributed by atoms with Crippen LogP contribution in [0.2, 0.25) is 0 Å². The first kappa shape index (κ1) is 19.9. The fourth-order valence-corrected chi connectivity index (χ4v) is 3.21. The van der Waals surface area contributed by atoms with Crippen LogP contribution in [-0.2, 0) is 15.0 Å². The van der Waals surface area contributed by atoms with Crippen LogP contribution in [0, 0.1) is 0 Å². The molecule has 2 amide bonds. The highest BCUT2D eigenvalue weighted by atomic mass is 16.5. The molecule has 0 saturated carbocycles. The third-order valence-electron chi connectivity index (χ3n) is 4.90. The normalized spacial score (nSPS) is 15.4. The van der Waals surface area contributed by atoms with Gasteiger partial charge in [-0.3, -0.25) is 9.59 Å². The maximum absolute atomic E-state index is 12.5. The molecule has 1 atom stereocenters. The first-order chi connectivity index (χ1) is 13.2. The lowest BCUT2D eigenvalue weighted by atomic mass is 9.87. The Kier molecular flexibility index (Phi) is 5.73. The largest absolute Gasteiger partial charge is 0.481 e. The minimum Gasteiger partial charge on any atom is -0.481 e. The summed E-state index contributed by atoms with van der Waals surface area (Å²) < 4.78 is 5.79. The van der Waals surface area contributed by atoms with Crippen LogP contribution in [-0.4, -0.2) is 24.5 Å². The minimum atomic E-state index is -0.641. The van der Waals surface area contributed by atoms with Crippen molar-refractivity contribution in [2.45, 2.75) is 52.1 Å². The Hall–Kier alpha value is -2.82. The zero-order valence-electron chi connectivity index (χ0n) is 17.0. The average Bonchev–Trinajstić information content (AvgIpc) is 3.07. The molecule has 1 heterocycles. The molecule has 28 heavy (non-hydrogen) atoms. The number of benzene rings is 2. The summed E-state index contributed by atoms with van der Waals surface area (Å²) in [6, 6.07) is 15.2. The predicted molar refractivity (Wildman–Crippen MR) is 112 cm³/mol. The molecular formula is C23H28N2O3. The van der Waals surface area contributed by atoms with Crippen molar-refractivity contribution in [3.05, 3.63) is 54.1 Å². The first-order valence-electron chi connectivity index (χ1n) is 9.72. The molecule has 0 spiro atoms. The maximum Gasteiger partial charge on any atom is 0.265 e. The molecule has 0 aromatic heterocycles. The van der Waals surface area contributed by atoms with Gasteiger partial charge in [-0.15, -0.1) is 0 Å². The summed E-state index contributed by atoms with van der Waals surface area (Å²) in [6.45, 7) is 8.91. The highest BCUT2D eigenvalue weighted by Gasteiger charge is 2.22. The molecule has 0 bridgehead atoms. The summed E-state index contributed by atoms with van der Waals surface area (Å²) in [5.74, 6) is 0.552. The van der Waals surface area contributed by atoms with Crippen LogP contribution in [0.1, 0.15) is 46.1 Å². The van der Waals surface area contributed by atoms with Crippen LogP contribution in [0.25, 0.3) is 0 Å².